The van der Waals surface area contributed by atoms with Gasteiger partial charge in [0, 0.05) is 31.7 Å². The Hall–Kier alpha value is -1.59. The van der Waals surface area contributed by atoms with Crippen LogP contribution < -0.4 is 10.1 Å². The van der Waals surface area contributed by atoms with Crippen LogP contribution in [0, 0.1) is 22.7 Å². The van der Waals surface area contributed by atoms with Gasteiger partial charge in [0.05, 0.1) is 19.3 Å². The molecule has 1 spiro atoms. The quantitative estimate of drug-likeness (QED) is 0.747. The van der Waals surface area contributed by atoms with E-state index in [4.69, 9.17) is 14.2 Å². The largest absolute Gasteiger partial charge is 0.493 e. The van der Waals surface area contributed by atoms with E-state index in [9.17, 15) is 4.79 Å². The van der Waals surface area contributed by atoms with Gasteiger partial charge in [-0.2, -0.15) is 0 Å². The third-order valence-corrected chi connectivity index (χ3v) is 7.87. The molecule has 4 rings (SSSR count). The van der Waals surface area contributed by atoms with Gasteiger partial charge in [-0.25, -0.2) is 0 Å². The summed E-state index contributed by atoms with van der Waals surface area (Å²) in [4.78, 5) is 12.6. The molecule has 2 bridgehead atoms. The zero-order chi connectivity index (χ0) is 20.6. The first-order valence-corrected chi connectivity index (χ1v) is 11.1. The van der Waals surface area contributed by atoms with Crippen LogP contribution in [0.5, 0.6) is 5.75 Å². The number of benzene rings is 1. The van der Waals surface area contributed by atoms with E-state index in [-0.39, 0.29) is 28.9 Å². The summed E-state index contributed by atoms with van der Waals surface area (Å²) in [7, 11) is 1.64. The van der Waals surface area contributed by atoms with Crippen LogP contribution in [0.4, 0.5) is 0 Å². The van der Waals surface area contributed by atoms with E-state index in [0.717, 1.165) is 30.8 Å². The summed E-state index contributed by atoms with van der Waals surface area (Å²) in [5.74, 6) is 2.04. The number of nitrogens with one attached hydrogen (secondary N) is 1. The molecule has 1 unspecified atom stereocenters. The number of rotatable bonds is 7. The van der Waals surface area contributed by atoms with E-state index in [1.807, 2.05) is 19.1 Å². The molecule has 0 radical (unpaired) electrons. The van der Waals surface area contributed by atoms with E-state index >= 15 is 0 Å². The van der Waals surface area contributed by atoms with Crippen molar-refractivity contribution in [3.8, 4) is 5.75 Å². The molecule has 0 aromatic heterocycles. The average molecular weight is 402 g/mol. The van der Waals surface area contributed by atoms with Gasteiger partial charge in [-0.1, -0.05) is 32.0 Å². The number of carbonyl (C=O) groups excluding carboxylic acids is 1. The minimum atomic E-state index is 0.0333. The summed E-state index contributed by atoms with van der Waals surface area (Å²) < 4.78 is 17.4. The Balaban J connectivity index is 1.64. The fourth-order valence-electron chi connectivity index (χ4n) is 6.53. The third kappa shape index (κ3) is 3.36. The van der Waals surface area contributed by atoms with Crippen molar-refractivity contribution in [2.75, 3.05) is 26.9 Å². The first-order valence-electron chi connectivity index (χ1n) is 11.1. The summed E-state index contributed by atoms with van der Waals surface area (Å²) in [5, 5.41) is 3.43. The molecule has 1 heterocycles. The molecular weight excluding hydrogens is 366 g/mol. The van der Waals surface area contributed by atoms with Crippen LogP contribution in [0.15, 0.2) is 24.3 Å². The van der Waals surface area contributed by atoms with Gasteiger partial charge >= 0.3 is 0 Å². The number of fused-ring (bicyclic) bond motifs is 1. The average Bonchev–Trinajstić information content (AvgIpc) is 3.20. The second kappa shape index (κ2) is 7.92. The number of para-hydroxylation sites is 1. The van der Waals surface area contributed by atoms with Crippen molar-refractivity contribution in [1.82, 2.24) is 5.32 Å². The molecule has 1 aromatic rings. The van der Waals surface area contributed by atoms with E-state index in [1.165, 1.54) is 6.42 Å². The maximum absolute atomic E-state index is 12.6. The van der Waals surface area contributed by atoms with E-state index in [0.29, 0.717) is 31.5 Å². The highest BCUT2D eigenvalue weighted by molar-refractivity contribution is 5.76. The molecule has 1 N–H and O–H groups in total. The lowest BCUT2D eigenvalue weighted by molar-refractivity contribution is -0.138. The van der Waals surface area contributed by atoms with Crippen molar-refractivity contribution in [2.24, 2.45) is 22.7 Å². The Kier molecular flexibility index (Phi) is 5.64. The molecular formula is C24H35NO4. The van der Waals surface area contributed by atoms with Gasteiger partial charge in [-0.15, -0.1) is 0 Å². The summed E-state index contributed by atoms with van der Waals surface area (Å²) in [6, 6.07) is 8.47. The second-order valence-corrected chi connectivity index (χ2v) is 9.55. The Morgan fingerprint density at radius 1 is 1.31 bits per heavy atom. The van der Waals surface area contributed by atoms with Crippen molar-refractivity contribution in [1.29, 1.82) is 0 Å². The van der Waals surface area contributed by atoms with Gasteiger partial charge in [-0.05, 0) is 54.9 Å². The Morgan fingerprint density at radius 3 is 2.86 bits per heavy atom. The van der Waals surface area contributed by atoms with Crippen LogP contribution in [0.3, 0.4) is 0 Å². The molecule has 3 fully saturated rings. The molecule has 2 aliphatic carbocycles. The van der Waals surface area contributed by atoms with Gasteiger partial charge in [0.25, 0.3) is 0 Å². The van der Waals surface area contributed by atoms with Crippen molar-refractivity contribution >= 4 is 5.91 Å². The molecule has 5 nitrogen and oxygen atoms in total. The van der Waals surface area contributed by atoms with E-state index in [2.05, 4.69) is 31.3 Å². The molecule has 5 heteroatoms. The predicted molar refractivity (Wildman–Crippen MR) is 112 cm³/mol. The number of hydrogen-bond donors (Lipinski definition) is 1. The van der Waals surface area contributed by atoms with Crippen molar-refractivity contribution in [3.05, 3.63) is 29.8 Å². The number of amides is 1. The molecule has 3 aliphatic rings. The van der Waals surface area contributed by atoms with Gasteiger partial charge in [0.1, 0.15) is 5.75 Å². The highest BCUT2D eigenvalue weighted by atomic mass is 16.5. The summed E-state index contributed by atoms with van der Waals surface area (Å²) in [6.45, 7) is 8.53. The smallest absolute Gasteiger partial charge is 0.222 e. The van der Waals surface area contributed by atoms with E-state index < -0.39 is 0 Å². The molecule has 1 saturated heterocycles. The number of methoxy groups -OCH3 is 1. The summed E-state index contributed by atoms with van der Waals surface area (Å²) in [5.41, 5.74) is 1.35. The summed E-state index contributed by atoms with van der Waals surface area (Å²) in [6.07, 6.45) is 3.80. The fraction of sp³-hybridized carbons (Fsp3) is 0.708. The Bertz CT molecular complexity index is 748. The van der Waals surface area contributed by atoms with Crippen LogP contribution >= 0.6 is 0 Å². The third-order valence-electron chi connectivity index (χ3n) is 7.87. The molecule has 5 atom stereocenters. The molecule has 1 amide bonds. The van der Waals surface area contributed by atoms with Crippen LogP contribution in [0.1, 0.15) is 58.1 Å². The van der Waals surface area contributed by atoms with Crippen LogP contribution in [-0.2, 0) is 14.3 Å². The Morgan fingerprint density at radius 2 is 2.10 bits per heavy atom. The standard InChI is InChI=1S/C24H35NO4/c1-5-28-19-9-7-6-8-17(19)21-18-14-16-15-24(18,11-13-29-21)22(23(16,2)3)25-20(26)10-12-27-4/h6-9,16,18,21-22H,5,10-15H2,1-4H3,(H,25,26)/t16-,18-,21-,22-,24?/m1/s1. The minimum absolute atomic E-state index is 0.0333. The van der Waals surface area contributed by atoms with Gasteiger partial charge in [0.2, 0.25) is 5.91 Å². The first kappa shape index (κ1) is 20.7. The number of hydrogen-bond acceptors (Lipinski definition) is 4. The maximum atomic E-state index is 12.6. The lowest BCUT2D eigenvalue weighted by Gasteiger charge is -2.53. The summed E-state index contributed by atoms with van der Waals surface area (Å²) >= 11 is 0. The number of carbonyl (C=O) groups is 1. The zero-order valence-corrected chi connectivity index (χ0v) is 18.2. The number of ether oxygens (including phenoxy) is 3. The molecule has 2 saturated carbocycles. The molecule has 29 heavy (non-hydrogen) atoms. The van der Waals surface area contributed by atoms with Crippen molar-refractivity contribution in [3.63, 3.8) is 0 Å². The fourth-order valence-corrected chi connectivity index (χ4v) is 6.53. The monoisotopic (exact) mass is 401 g/mol. The predicted octanol–water partition coefficient (Wildman–Crippen LogP) is 4.12. The van der Waals surface area contributed by atoms with Crippen molar-refractivity contribution in [2.45, 2.75) is 58.6 Å². The van der Waals surface area contributed by atoms with Crippen LogP contribution in [-0.4, -0.2) is 38.9 Å². The molecule has 1 aromatic carbocycles. The maximum Gasteiger partial charge on any atom is 0.222 e. The van der Waals surface area contributed by atoms with E-state index in [1.54, 1.807) is 7.11 Å². The van der Waals surface area contributed by atoms with Crippen LogP contribution in [0.25, 0.3) is 0 Å². The topological polar surface area (TPSA) is 56.8 Å². The minimum Gasteiger partial charge on any atom is -0.493 e. The Labute approximate surface area is 174 Å². The van der Waals surface area contributed by atoms with Gasteiger partial charge < -0.3 is 19.5 Å². The van der Waals surface area contributed by atoms with Crippen molar-refractivity contribution < 1.29 is 19.0 Å². The highest BCUT2D eigenvalue weighted by Crippen LogP contribution is 2.70. The van der Waals surface area contributed by atoms with Crippen LogP contribution in [0.2, 0.25) is 0 Å². The lowest BCUT2D eigenvalue weighted by Crippen LogP contribution is -2.59. The molecule has 160 valence electrons. The lowest BCUT2D eigenvalue weighted by atomic mass is 9.58. The first-order chi connectivity index (χ1) is 13.9. The molecule has 1 aliphatic heterocycles. The highest BCUT2D eigenvalue weighted by Gasteiger charge is 2.68. The SMILES string of the molecule is CCOc1ccccc1[C@H]1OCCC23C[C@@H](C[C@H]12)C(C)(C)[C@H]3NC(=O)CCOC. The zero-order valence-electron chi connectivity index (χ0n) is 18.2. The normalized spacial score (nSPS) is 34.6. The van der Waals surface area contributed by atoms with Gasteiger partial charge in [0.15, 0.2) is 0 Å². The second-order valence-electron chi connectivity index (χ2n) is 9.55. The van der Waals surface area contributed by atoms with Gasteiger partial charge in [-0.3, -0.25) is 4.79 Å².